The maximum atomic E-state index is 12.0. The molecule has 0 heterocycles. The second kappa shape index (κ2) is 5.48. The molecule has 0 saturated carbocycles. The topological polar surface area (TPSA) is 92.4 Å². The van der Waals surface area contributed by atoms with E-state index in [1.165, 1.54) is 6.07 Å². The summed E-state index contributed by atoms with van der Waals surface area (Å²) >= 11 is 0. The highest BCUT2D eigenvalue weighted by molar-refractivity contribution is 7.89. The summed E-state index contributed by atoms with van der Waals surface area (Å²) in [6.45, 7) is 3.27. The molecule has 0 fully saturated rings. The van der Waals surface area contributed by atoms with Crippen LogP contribution in [0.4, 0.5) is 5.69 Å². The predicted molar refractivity (Wildman–Crippen MR) is 67.1 cm³/mol. The number of hydrogen-bond donors (Lipinski definition) is 3. The molecule has 1 aromatic rings. The normalized spacial score (nSPS) is 13.6. The Morgan fingerprint density at radius 3 is 2.59 bits per heavy atom. The highest BCUT2D eigenvalue weighted by Gasteiger charge is 2.20. The Hall–Kier alpha value is -1.11. The molecule has 0 aliphatic rings. The summed E-state index contributed by atoms with van der Waals surface area (Å²) in [4.78, 5) is 0.193. The van der Waals surface area contributed by atoms with Crippen LogP contribution >= 0.6 is 0 Å². The van der Waals surface area contributed by atoms with Gasteiger partial charge in [0.15, 0.2) is 0 Å². The van der Waals surface area contributed by atoms with Crippen molar-refractivity contribution in [3.63, 3.8) is 0 Å². The second-order valence-corrected chi connectivity index (χ2v) is 5.62. The molecule has 0 aromatic heterocycles. The number of nitrogen functional groups attached to an aromatic ring is 1. The Morgan fingerprint density at radius 2 is 2.12 bits per heavy atom. The lowest BCUT2D eigenvalue weighted by Gasteiger charge is -2.15. The van der Waals surface area contributed by atoms with Gasteiger partial charge in [0.2, 0.25) is 10.0 Å². The number of aryl methyl sites for hydroxylation is 1. The van der Waals surface area contributed by atoms with Crippen LogP contribution in [0.25, 0.3) is 0 Å². The van der Waals surface area contributed by atoms with Gasteiger partial charge in [-0.1, -0.05) is 6.92 Å². The smallest absolute Gasteiger partial charge is 0.241 e. The summed E-state index contributed by atoms with van der Waals surface area (Å²) in [7, 11) is -3.60. The van der Waals surface area contributed by atoms with Crippen LogP contribution in [0.5, 0.6) is 0 Å². The molecular formula is C11H18N2O3S. The fourth-order valence-corrected chi connectivity index (χ4v) is 3.04. The second-order valence-electron chi connectivity index (χ2n) is 3.93. The Labute approximate surface area is 102 Å². The molecule has 96 valence electrons. The van der Waals surface area contributed by atoms with E-state index in [0.717, 1.165) is 0 Å². The van der Waals surface area contributed by atoms with E-state index >= 15 is 0 Å². The van der Waals surface area contributed by atoms with E-state index in [9.17, 15) is 8.42 Å². The highest BCUT2D eigenvalue weighted by Crippen LogP contribution is 2.18. The van der Waals surface area contributed by atoms with Gasteiger partial charge in [0.05, 0.1) is 11.5 Å². The summed E-state index contributed by atoms with van der Waals surface area (Å²) in [6.07, 6.45) is 0.531. The molecule has 1 atom stereocenters. The van der Waals surface area contributed by atoms with Crippen molar-refractivity contribution in [2.75, 3.05) is 12.3 Å². The van der Waals surface area contributed by atoms with Gasteiger partial charge in [-0.05, 0) is 37.1 Å². The number of hydrogen-bond acceptors (Lipinski definition) is 4. The maximum absolute atomic E-state index is 12.0. The van der Waals surface area contributed by atoms with Crippen LogP contribution in [0.15, 0.2) is 23.1 Å². The number of rotatable bonds is 5. The fraction of sp³-hybridized carbons (Fsp3) is 0.455. The van der Waals surface area contributed by atoms with Gasteiger partial charge in [0.25, 0.3) is 0 Å². The first kappa shape index (κ1) is 14.0. The molecule has 1 aromatic carbocycles. The maximum Gasteiger partial charge on any atom is 0.241 e. The fourth-order valence-electron chi connectivity index (χ4n) is 1.51. The summed E-state index contributed by atoms with van der Waals surface area (Å²) in [6, 6.07) is 4.16. The lowest BCUT2D eigenvalue weighted by Crippen LogP contribution is -2.37. The molecule has 0 spiro atoms. The van der Waals surface area contributed by atoms with Gasteiger partial charge in [0, 0.05) is 11.7 Å². The van der Waals surface area contributed by atoms with E-state index in [-0.39, 0.29) is 11.5 Å². The van der Waals surface area contributed by atoms with E-state index in [1.807, 2.05) is 0 Å². The Bertz CT molecular complexity index is 481. The van der Waals surface area contributed by atoms with Gasteiger partial charge < -0.3 is 10.8 Å². The number of anilines is 1. The third-order valence-electron chi connectivity index (χ3n) is 2.52. The van der Waals surface area contributed by atoms with Crippen molar-refractivity contribution in [2.45, 2.75) is 31.2 Å². The minimum Gasteiger partial charge on any atom is -0.399 e. The van der Waals surface area contributed by atoms with Gasteiger partial charge in [-0.2, -0.15) is 0 Å². The van der Waals surface area contributed by atoms with Crippen molar-refractivity contribution in [2.24, 2.45) is 0 Å². The monoisotopic (exact) mass is 258 g/mol. The van der Waals surface area contributed by atoms with E-state index < -0.39 is 16.1 Å². The summed E-state index contributed by atoms with van der Waals surface area (Å²) < 4.78 is 26.5. The van der Waals surface area contributed by atoms with Gasteiger partial charge >= 0.3 is 0 Å². The Balaban J connectivity index is 3.05. The third kappa shape index (κ3) is 3.42. The largest absolute Gasteiger partial charge is 0.399 e. The van der Waals surface area contributed by atoms with Crippen LogP contribution in [0.2, 0.25) is 0 Å². The molecule has 0 radical (unpaired) electrons. The first-order valence-electron chi connectivity index (χ1n) is 5.40. The molecule has 0 aliphatic heterocycles. The first-order chi connectivity index (χ1) is 7.90. The van der Waals surface area contributed by atoms with Crippen molar-refractivity contribution < 1.29 is 13.5 Å². The number of sulfonamides is 1. The highest BCUT2D eigenvalue weighted by atomic mass is 32.2. The summed E-state index contributed by atoms with van der Waals surface area (Å²) in [5.74, 6) is 0. The predicted octanol–water partition coefficient (Wildman–Crippen LogP) is 0.626. The average Bonchev–Trinajstić information content (AvgIpc) is 2.25. The van der Waals surface area contributed by atoms with Gasteiger partial charge in [0.1, 0.15) is 0 Å². The average molecular weight is 258 g/mol. The van der Waals surface area contributed by atoms with E-state index in [4.69, 9.17) is 10.8 Å². The van der Waals surface area contributed by atoms with E-state index in [0.29, 0.717) is 17.7 Å². The van der Waals surface area contributed by atoms with Crippen LogP contribution in [-0.2, 0) is 10.0 Å². The van der Waals surface area contributed by atoms with Gasteiger partial charge in [-0.25, -0.2) is 13.1 Å². The molecule has 1 rings (SSSR count). The minimum atomic E-state index is -3.60. The van der Waals surface area contributed by atoms with Crippen molar-refractivity contribution in [3.05, 3.63) is 23.8 Å². The molecule has 0 aliphatic carbocycles. The van der Waals surface area contributed by atoms with Crippen LogP contribution in [0.1, 0.15) is 18.9 Å². The molecule has 0 saturated heterocycles. The first-order valence-corrected chi connectivity index (χ1v) is 6.88. The molecule has 4 N–H and O–H groups in total. The van der Waals surface area contributed by atoms with Crippen LogP contribution < -0.4 is 10.5 Å². The molecule has 0 amide bonds. The summed E-state index contributed by atoms with van der Waals surface area (Å²) in [5.41, 5.74) is 6.68. The molecule has 5 nitrogen and oxygen atoms in total. The molecule has 0 bridgehead atoms. The van der Waals surface area contributed by atoms with Crippen LogP contribution in [0.3, 0.4) is 0 Å². The quantitative estimate of drug-likeness (QED) is 0.675. The van der Waals surface area contributed by atoms with E-state index in [1.54, 1.807) is 26.0 Å². The number of aliphatic hydroxyl groups is 1. The number of aliphatic hydroxyl groups excluding tert-OH is 1. The lowest BCUT2D eigenvalue weighted by molar-refractivity contribution is 0.254. The molecule has 17 heavy (non-hydrogen) atoms. The molecule has 6 heteroatoms. The minimum absolute atomic E-state index is 0.193. The zero-order valence-corrected chi connectivity index (χ0v) is 10.8. The molecular weight excluding hydrogens is 240 g/mol. The third-order valence-corrected chi connectivity index (χ3v) is 4.20. The van der Waals surface area contributed by atoms with Crippen molar-refractivity contribution in [1.82, 2.24) is 4.72 Å². The number of benzene rings is 1. The van der Waals surface area contributed by atoms with Crippen molar-refractivity contribution in [1.29, 1.82) is 0 Å². The van der Waals surface area contributed by atoms with Crippen molar-refractivity contribution >= 4 is 15.7 Å². The Morgan fingerprint density at radius 1 is 1.47 bits per heavy atom. The Kier molecular flexibility index (Phi) is 4.50. The zero-order valence-electron chi connectivity index (χ0n) is 9.97. The van der Waals surface area contributed by atoms with Crippen LogP contribution in [0, 0.1) is 6.92 Å². The van der Waals surface area contributed by atoms with Gasteiger partial charge in [-0.3, -0.25) is 0 Å². The SMILES string of the molecule is CC[C@H](CO)NS(=O)(=O)c1ccc(N)cc1C. The van der Waals surface area contributed by atoms with Gasteiger partial charge in [-0.15, -0.1) is 0 Å². The lowest BCUT2D eigenvalue weighted by atomic mass is 10.2. The standard InChI is InChI=1S/C11H18N2O3S/c1-3-10(7-14)13-17(15,16)11-5-4-9(12)6-8(11)2/h4-6,10,13-14H,3,7,12H2,1-2H3/t10-/m1/s1. The number of nitrogens with one attached hydrogen (secondary N) is 1. The van der Waals surface area contributed by atoms with E-state index in [2.05, 4.69) is 4.72 Å². The number of nitrogens with two attached hydrogens (primary N) is 1. The van der Waals surface area contributed by atoms with Crippen molar-refractivity contribution in [3.8, 4) is 0 Å². The summed E-state index contributed by atoms with van der Waals surface area (Å²) in [5, 5.41) is 9.00. The van der Waals surface area contributed by atoms with Crippen LogP contribution in [-0.4, -0.2) is 26.2 Å². The molecule has 0 unspecified atom stereocenters. The zero-order chi connectivity index (χ0) is 13.1.